The van der Waals surface area contributed by atoms with Gasteiger partial charge in [-0.2, -0.15) is 0 Å². The number of hydrogen-bond donors (Lipinski definition) is 0. The molecule has 1 nitrogen and oxygen atoms in total. The second-order valence-electron chi connectivity index (χ2n) is 2.80. The molecule has 0 unspecified atom stereocenters. The van der Waals surface area contributed by atoms with Crippen LogP contribution in [-0.2, 0) is 6.42 Å². The van der Waals surface area contributed by atoms with Gasteiger partial charge in [-0.15, -0.1) is 5.69 Å². The van der Waals surface area contributed by atoms with E-state index in [1.165, 1.54) is 18.4 Å². The number of hydrogen-bond acceptors (Lipinski definition) is 0. The van der Waals surface area contributed by atoms with Crippen molar-refractivity contribution >= 4 is 5.69 Å². The minimum absolute atomic E-state index is 0.602. The Hall–Kier alpha value is -0.980. The van der Waals surface area contributed by atoms with Crippen molar-refractivity contribution in [2.75, 3.05) is 0 Å². The van der Waals surface area contributed by atoms with Crippen molar-refractivity contribution in [3.63, 3.8) is 0 Å². The molecule has 1 N–H and O–H groups in total. The third kappa shape index (κ3) is 2.62. The Kier molecular flexibility index (Phi) is 2.96. The van der Waals surface area contributed by atoms with Crippen LogP contribution >= 0.6 is 0 Å². The third-order valence-electron chi connectivity index (χ3n) is 1.77. The van der Waals surface area contributed by atoms with Crippen molar-refractivity contribution in [2.24, 2.45) is 0 Å². The zero-order chi connectivity index (χ0) is 8.10. The first kappa shape index (κ1) is 8.12. The maximum absolute atomic E-state index is 7.27. The van der Waals surface area contributed by atoms with Crippen molar-refractivity contribution in [3.8, 4) is 0 Å². The van der Waals surface area contributed by atoms with Crippen molar-refractivity contribution in [3.05, 3.63) is 35.6 Å². The highest BCUT2D eigenvalue weighted by Gasteiger charge is 1.88. The highest BCUT2D eigenvalue weighted by Crippen LogP contribution is 2.12. The van der Waals surface area contributed by atoms with Gasteiger partial charge in [0, 0.05) is 0 Å². The third-order valence-corrected chi connectivity index (χ3v) is 1.77. The molecule has 0 aliphatic carbocycles. The van der Waals surface area contributed by atoms with E-state index in [2.05, 4.69) is 6.92 Å². The molecule has 1 heteroatoms. The zero-order valence-electron chi connectivity index (χ0n) is 6.93. The lowest BCUT2D eigenvalue weighted by atomic mass is 10.1. The summed E-state index contributed by atoms with van der Waals surface area (Å²) in [5.41, 5.74) is 9.22. The molecule has 0 bridgehead atoms. The molecule has 0 saturated heterocycles. The average Bonchev–Trinajstić information content (AvgIpc) is 2.04. The van der Waals surface area contributed by atoms with E-state index < -0.39 is 0 Å². The van der Waals surface area contributed by atoms with Crippen molar-refractivity contribution in [1.29, 1.82) is 0 Å². The first-order valence-electron chi connectivity index (χ1n) is 4.13. The lowest BCUT2D eigenvalue weighted by molar-refractivity contribution is 0.795. The Morgan fingerprint density at radius 2 is 1.82 bits per heavy atom. The number of benzene rings is 1. The van der Waals surface area contributed by atoms with Gasteiger partial charge in [0.05, 0.1) is 0 Å². The standard InChI is InChI=1S/C10H14N/c1-2-3-4-9-5-7-10(11)8-6-9/h5-8,11H,2-4H2,1H3/q-1. The monoisotopic (exact) mass is 148 g/mol. The van der Waals surface area contributed by atoms with Crippen LogP contribution in [0.2, 0.25) is 0 Å². The summed E-state index contributed by atoms with van der Waals surface area (Å²) in [5.74, 6) is 0. The summed E-state index contributed by atoms with van der Waals surface area (Å²) in [7, 11) is 0. The molecule has 0 amide bonds. The average molecular weight is 148 g/mol. The van der Waals surface area contributed by atoms with Crippen molar-refractivity contribution in [1.82, 2.24) is 0 Å². The molecule has 0 aliphatic rings. The first-order chi connectivity index (χ1) is 5.33. The molecule has 0 heterocycles. The second-order valence-corrected chi connectivity index (χ2v) is 2.80. The van der Waals surface area contributed by atoms with Crippen LogP contribution in [0.4, 0.5) is 5.69 Å². The fourth-order valence-electron chi connectivity index (χ4n) is 1.05. The fourth-order valence-corrected chi connectivity index (χ4v) is 1.05. The Morgan fingerprint density at radius 1 is 1.18 bits per heavy atom. The highest BCUT2D eigenvalue weighted by atomic mass is 14.5. The molecule has 0 fully saturated rings. The molecule has 0 spiro atoms. The predicted octanol–water partition coefficient (Wildman–Crippen LogP) is 3.71. The van der Waals surface area contributed by atoms with E-state index >= 15 is 0 Å². The van der Waals surface area contributed by atoms with Gasteiger partial charge < -0.3 is 5.73 Å². The van der Waals surface area contributed by atoms with Crippen LogP contribution in [0, 0.1) is 0 Å². The summed E-state index contributed by atoms with van der Waals surface area (Å²) in [6, 6.07) is 7.78. The maximum Gasteiger partial charge on any atom is -0.0279 e. The minimum Gasteiger partial charge on any atom is -0.699 e. The largest absolute Gasteiger partial charge is 0.699 e. The number of nitrogens with one attached hydrogen (secondary N) is 1. The maximum atomic E-state index is 7.27. The summed E-state index contributed by atoms with van der Waals surface area (Å²) >= 11 is 0. The van der Waals surface area contributed by atoms with Gasteiger partial charge in [0.2, 0.25) is 0 Å². The molecule has 0 aromatic heterocycles. The van der Waals surface area contributed by atoms with Crippen LogP contribution in [0.1, 0.15) is 25.3 Å². The summed E-state index contributed by atoms with van der Waals surface area (Å²) in [5, 5.41) is 0. The van der Waals surface area contributed by atoms with Crippen LogP contribution < -0.4 is 0 Å². The Balaban J connectivity index is 2.52. The number of unbranched alkanes of at least 4 members (excludes halogenated alkanes) is 1. The van der Waals surface area contributed by atoms with Crippen molar-refractivity contribution in [2.45, 2.75) is 26.2 Å². The number of rotatable bonds is 3. The molecule has 0 saturated carbocycles. The van der Waals surface area contributed by atoms with E-state index in [0.717, 1.165) is 6.42 Å². The van der Waals surface area contributed by atoms with Crippen LogP contribution in [0.3, 0.4) is 0 Å². The van der Waals surface area contributed by atoms with E-state index in [-0.39, 0.29) is 0 Å². The van der Waals surface area contributed by atoms with E-state index in [1.54, 1.807) is 0 Å². The van der Waals surface area contributed by atoms with Gasteiger partial charge in [0.25, 0.3) is 0 Å². The molecule has 1 aromatic carbocycles. The lowest BCUT2D eigenvalue weighted by Crippen LogP contribution is -1.82. The van der Waals surface area contributed by atoms with Crippen LogP contribution in [-0.4, -0.2) is 0 Å². The summed E-state index contributed by atoms with van der Waals surface area (Å²) in [4.78, 5) is 0. The van der Waals surface area contributed by atoms with Gasteiger partial charge in [0.15, 0.2) is 0 Å². The normalized spacial score (nSPS) is 9.91. The van der Waals surface area contributed by atoms with Gasteiger partial charge in [-0.25, -0.2) is 0 Å². The summed E-state index contributed by atoms with van der Waals surface area (Å²) in [6.45, 7) is 2.19. The number of aryl methyl sites for hydroxylation is 1. The quantitative estimate of drug-likeness (QED) is 0.624. The molecule has 0 aliphatic heterocycles. The SMILES string of the molecule is CCCCc1ccc([NH-])cc1. The van der Waals surface area contributed by atoms with Crippen LogP contribution in [0.15, 0.2) is 24.3 Å². The Morgan fingerprint density at radius 3 is 2.36 bits per heavy atom. The van der Waals surface area contributed by atoms with Gasteiger partial charge in [-0.05, 0) is 18.4 Å². The lowest BCUT2D eigenvalue weighted by Gasteiger charge is -2.03. The van der Waals surface area contributed by atoms with Gasteiger partial charge >= 0.3 is 0 Å². The molecular formula is C10H14N-. The molecule has 1 rings (SSSR count). The second kappa shape index (κ2) is 4.02. The molecule has 0 atom stereocenters. The predicted molar refractivity (Wildman–Crippen MR) is 49.0 cm³/mol. The van der Waals surface area contributed by atoms with E-state index in [0.29, 0.717) is 5.69 Å². The molecule has 11 heavy (non-hydrogen) atoms. The Labute approximate surface area is 68.2 Å². The van der Waals surface area contributed by atoms with Crippen molar-refractivity contribution < 1.29 is 0 Å². The van der Waals surface area contributed by atoms with E-state index in [1.807, 2.05) is 24.3 Å². The van der Waals surface area contributed by atoms with Crippen LogP contribution in [0.5, 0.6) is 0 Å². The van der Waals surface area contributed by atoms with E-state index in [4.69, 9.17) is 5.73 Å². The smallest absolute Gasteiger partial charge is 0.0279 e. The summed E-state index contributed by atoms with van der Waals surface area (Å²) < 4.78 is 0. The van der Waals surface area contributed by atoms with Gasteiger partial charge in [0.1, 0.15) is 0 Å². The first-order valence-corrected chi connectivity index (χ1v) is 4.13. The fraction of sp³-hybridized carbons (Fsp3) is 0.400. The Bertz CT molecular complexity index is 201. The minimum atomic E-state index is 0.602. The van der Waals surface area contributed by atoms with Crippen LogP contribution in [0.25, 0.3) is 5.73 Å². The molecule has 60 valence electrons. The van der Waals surface area contributed by atoms with Gasteiger partial charge in [-0.1, -0.05) is 37.6 Å². The zero-order valence-corrected chi connectivity index (χ0v) is 6.93. The molecule has 1 aromatic rings. The molecular weight excluding hydrogens is 134 g/mol. The van der Waals surface area contributed by atoms with Gasteiger partial charge in [-0.3, -0.25) is 0 Å². The highest BCUT2D eigenvalue weighted by molar-refractivity contribution is 5.43. The van der Waals surface area contributed by atoms with E-state index in [9.17, 15) is 0 Å². The molecule has 0 radical (unpaired) electrons. The topological polar surface area (TPSA) is 23.8 Å². The summed E-state index contributed by atoms with van der Waals surface area (Å²) in [6.07, 6.45) is 3.64.